The summed E-state index contributed by atoms with van der Waals surface area (Å²) in [5.74, 6) is 0.584. The Hall–Kier alpha value is -4.40. The number of likely N-dealkylation sites (tertiary alicyclic amines) is 1. The predicted octanol–water partition coefficient (Wildman–Crippen LogP) is 4.12. The number of ether oxygens (including phenoxy) is 1. The summed E-state index contributed by atoms with van der Waals surface area (Å²) in [7, 11) is 0. The number of nitrogen functional groups attached to an aromatic ring is 1. The highest BCUT2D eigenvalue weighted by Gasteiger charge is 2.28. The van der Waals surface area contributed by atoms with Crippen molar-refractivity contribution in [3.63, 3.8) is 0 Å². The van der Waals surface area contributed by atoms with Crippen LogP contribution in [-0.4, -0.2) is 38.7 Å². The van der Waals surface area contributed by atoms with Crippen LogP contribution >= 0.6 is 0 Å². The molecule has 35 heavy (non-hydrogen) atoms. The molecule has 0 bridgehead atoms. The van der Waals surface area contributed by atoms with Crippen LogP contribution in [0.15, 0.2) is 72.2 Å². The largest absolute Gasteiger partial charge is 0.457 e. The fourth-order valence-electron chi connectivity index (χ4n) is 4.65. The standard InChI is InChI=1S/C26H24FN5O3/c1-2-22(33)31-12-4-5-16(14-31)21-15-32(24-23(21)26(34)30-29-25(24)28)18-8-10-19(11-9-18)35-20-7-3-6-17(27)13-20/h2-3,6-11,13,15-16H,1,4-5,12,14H2,(H2,28,29)(H,30,34)/t16-/m0/s1. The number of anilines is 1. The normalized spacial score (nSPS) is 15.8. The van der Waals surface area contributed by atoms with E-state index in [2.05, 4.69) is 16.8 Å². The van der Waals surface area contributed by atoms with Gasteiger partial charge >= 0.3 is 0 Å². The first-order valence-electron chi connectivity index (χ1n) is 11.3. The summed E-state index contributed by atoms with van der Waals surface area (Å²) in [5, 5.41) is 6.92. The molecule has 0 unspecified atom stereocenters. The Bertz CT molecular complexity index is 1470. The zero-order valence-corrected chi connectivity index (χ0v) is 18.9. The second-order valence-electron chi connectivity index (χ2n) is 8.50. The fraction of sp³-hybridized carbons (Fsp3) is 0.192. The van der Waals surface area contributed by atoms with Gasteiger partial charge in [0.05, 0.1) is 5.39 Å². The van der Waals surface area contributed by atoms with E-state index in [0.717, 1.165) is 24.1 Å². The van der Waals surface area contributed by atoms with Gasteiger partial charge in [-0.05, 0) is 60.9 Å². The maximum absolute atomic E-state index is 13.5. The maximum Gasteiger partial charge on any atom is 0.274 e. The number of fused-ring (bicyclic) bond motifs is 1. The number of carbonyl (C=O) groups excluding carboxylic acids is 1. The number of nitrogens with zero attached hydrogens (tertiary/aromatic N) is 3. The third kappa shape index (κ3) is 4.28. The van der Waals surface area contributed by atoms with Crippen molar-refractivity contribution in [1.29, 1.82) is 0 Å². The minimum Gasteiger partial charge on any atom is -0.457 e. The van der Waals surface area contributed by atoms with E-state index in [1.54, 1.807) is 29.2 Å². The number of benzene rings is 2. The highest BCUT2D eigenvalue weighted by atomic mass is 19.1. The molecular weight excluding hydrogens is 449 g/mol. The number of rotatable bonds is 5. The molecule has 9 heteroatoms. The number of aromatic nitrogens is 3. The lowest BCUT2D eigenvalue weighted by atomic mass is 9.90. The fourth-order valence-corrected chi connectivity index (χ4v) is 4.65. The molecule has 1 fully saturated rings. The van der Waals surface area contributed by atoms with E-state index in [9.17, 15) is 14.0 Å². The highest BCUT2D eigenvalue weighted by molar-refractivity contribution is 5.92. The van der Waals surface area contributed by atoms with Gasteiger partial charge in [0.2, 0.25) is 5.91 Å². The molecule has 3 N–H and O–H groups in total. The van der Waals surface area contributed by atoms with Crippen LogP contribution < -0.4 is 16.0 Å². The van der Waals surface area contributed by atoms with Crippen LogP contribution in [0.25, 0.3) is 16.6 Å². The number of halogens is 1. The van der Waals surface area contributed by atoms with Gasteiger partial charge in [-0.3, -0.25) is 9.59 Å². The third-order valence-electron chi connectivity index (χ3n) is 6.28. The summed E-state index contributed by atoms with van der Waals surface area (Å²) in [6.45, 7) is 4.74. The SMILES string of the molecule is C=CC(=O)N1CCC[C@H](c2cn(-c3ccc(Oc4cccc(F)c4)cc3)c3c(N)n[nH]c(=O)c23)C1. The second kappa shape index (κ2) is 9.09. The van der Waals surface area contributed by atoms with E-state index in [0.29, 0.717) is 35.5 Å². The molecule has 0 radical (unpaired) electrons. The summed E-state index contributed by atoms with van der Waals surface area (Å²) in [4.78, 5) is 26.8. The van der Waals surface area contributed by atoms with Crippen LogP contribution in [0.4, 0.5) is 10.2 Å². The Morgan fingerprint density at radius 1 is 1.23 bits per heavy atom. The minimum absolute atomic E-state index is 0.0325. The first kappa shape index (κ1) is 22.4. The van der Waals surface area contributed by atoms with Gasteiger partial charge in [0.1, 0.15) is 22.8 Å². The molecule has 1 saturated heterocycles. The van der Waals surface area contributed by atoms with Crippen molar-refractivity contribution in [1.82, 2.24) is 19.7 Å². The van der Waals surface area contributed by atoms with Crippen LogP contribution in [0.1, 0.15) is 24.3 Å². The van der Waals surface area contributed by atoms with E-state index in [4.69, 9.17) is 10.5 Å². The molecule has 2 aromatic carbocycles. The number of piperidine rings is 1. The summed E-state index contributed by atoms with van der Waals surface area (Å²) in [6, 6.07) is 13.1. The lowest BCUT2D eigenvalue weighted by Crippen LogP contribution is -2.38. The molecule has 4 aromatic rings. The number of H-pyrrole nitrogens is 1. The van der Waals surface area contributed by atoms with Crippen LogP contribution in [0.2, 0.25) is 0 Å². The first-order chi connectivity index (χ1) is 16.9. The third-order valence-corrected chi connectivity index (χ3v) is 6.28. The van der Waals surface area contributed by atoms with Crippen molar-refractivity contribution in [2.24, 2.45) is 0 Å². The number of hydrogen-bond donors (Lipinski definition) is 2. The number of hydrogen-bond acceptors (Lipinski definition) is 5. The molecule has 5 rings (SSSR count). The summed E-state index contributed by atoms with van der Waals surface area (Å²) in [5.41, 5.74) is 7.95. The van der Waals surface area contributed by atoms with Gasteiger partial charge in [-0.2, -0.15) is 5.10 Å². The minimum atomic E-state index is -0.380. The van der Waals surface area contributed by atoms with Crippen molar-refractivity contribution in [2.75, 3.05) is 18.8 Å². The van der Waals surface area contributed by atoms with Gasteiger partial charge in [0, 0.05) is 37.0 Å². The van der Waals surface area contributed by atoms with E-state index >= 15 is 0 Å². The van der Waals surface area contributed by atoms with Crippen molar-refractivity contribution < 1.29 is 13.9 Å². The lowest BCUT2D eigenvalue weighted by Gasteiger charge is -2.32. The highest BCUT2D eigenvalue weighted by Crippen LogP contribution is 2.35. The quantitative estimate of drug-likeness (QED) is 0.424. The number of nitrogens with one attached hydrogen (secondary N) is 1. The van der Waals surface area contributed by atoms with E-state index < -0.39 is 0 Å². The van der Waals surface area contributed by atoms with Crippen molar-refractivity contribution >= 4 is 22.6 Å². The van der Waals surface area contributed by atoms with Gasteiger partial charge in [-0.25, -0.2) is 9.49 Å². The van der Waals surface area contributed by atoms with Crippen molar-refractivity contribution in [3.8, 4) is 17.2 Å². The Morgan fingerprint density at radius 2 is 2.03 bits per heavy atom. The molecule has 178 valence electrons. The summed E-state index contributed by atoms with van der Waals surface area (Å²) >= 11 is 0. The summed E-state index contributed by atoms with van der Waals surface area (Å²) in [6.07, 6.45) is 4.87. The second-order valence-corrected chi connectivity index (χ2v) is 8.50. The average molecular weight is 474 g/mol. The molecule has 0 aliphatic carbocycles. The van der Waals surface area contributed by atoms with Crippen LogP contribution in [0.5, 0.6) is 11.5 Å². The monoisotopic (exact) mass is 473 g/mol. The molecule has 1 aliphatic rings. The smallest absolute Gasteiger partial charge is 0.274 e. The molecule has 1 atom stereocenters. The Balaban J connectivity index is 1.53. The number of amides is 1. The van der Waals surface area contributed by atoms with Crippen LogP contribution in [0, 0.1) is 5.82 Å². The van der Waals surface area contributed by atoms with Crippen LogP contribution in [0.3, 0.4) is 0 Å². The van der Waals surface area contributed by atoms with Gasteiger partial charge < -0.3 is 19.9 Å². The molecule has 0 saturated carbocycles. The topological polar surface area (TPSA) is 106 Å². The van der Waals surface area contributed by atoms with Gasteiger partial charge in [0.25, 0.3) is 5.56 Å². The zero-order valence-electron chi connectivity index (χ0n) is 18.9. The molecule has 2 aromatic heterocycles. The van der Waals surface area contributed by atoms with Gasteiger partial charge in [-0.1, -0.05) is 12.6 Å². The van der Waals surface area contributed by atoms with E-state index in [-0.39, 0.29) is 29.0 Å². The van der Waals surface area contributed by atoms with E-state index in [1.807, 2.05) is 22.9 Å². The zero-order chi connectivity index (χ0) is 24.5. The van der Waals surface area contributed by atoms with E-state index in [1.165, 1.54) is 18.2 Å². The first-order valence-corrected chi connectivity index (χ1v) is 11.3. The number of carbonyl (C=O) groups is 1. The van der Waals surface area contributed by atoms with Gasteiger partial charge in [-0.15, -0.1) is 0 Å². The number of nitrogens with two attached hydrogens (primary N) is 1. The molecule has 0 spiro atoms. The molecular formula is C26H24FN5O3. The Labute approximate surface area is 200 Å². The van der Waals surface area contributed by atoms with Crippen molar-refractivity contribution in [3.05, 3.63) is 89.1 Å². The van der Waals surface area contributed by atoms with Crippen LogP contribution in [-0.2, 0) is 4.79 Å². The predicted molar refractivity (Wildman–Crippen MR) is 131 cm³/mol. The maximum atomic E-state index is 13.5. The molecule has 8 nitrogen and oxygen atoms in total. The molecule has 3 heterocycles. The van der Waals surface area contributed by atoms with Gasteiger partial charge in [0.15, 0.2) is 5.82 Å². The lowest BCUT2D eigenvalue weighted by molar-refractivity contribution is -0.127. The summed E-state index contributed by atoms with van der Waals surface area (Å²) < 4.78 is 21.0. The Kier molecular flexibility index (Phi) is 5.82. The Morgan fingerprint density at radius 3 is 2.77 bits per heavy atom. The average Bonchev–Trinajstić information content (AvgIpc) is 3.28. The molecule has 1 amide bonds. The van der Waals surface area contributed by atoms with Crippen molar-refractivity contribution in [2.45, 2.75) is 18.8 Å². The number of aromatic amines is 1. The molecule has 1 aliphatic heterocycles.